The van der Waals surface area contributed by atoms with E-state index in [1.54, 1.807) is 38.1 Å². The SMILES string of the molecule is CC(C)(CCc1c(C2CCOCC2)n(-c2ccc(F)cc2)c2ccc(O)cc12)C(=O)O. The maximum atomic E-state index is 13.6. The summed E-state index contributed by atoms with van der Waals surface area (Å²) in [4.78, 5) is 11.7. The van der Waals surface area contributed by atoms with Gasteiger partial charge in [-0.15, -0.1) is 0 Å². The van der Waals surface area contributed by atoms with Gasteiger partial charge >= 0.3 is 5.97 Å². The molecule has 6 heteroatoms. The third-order valence-electron chi connectivity index (χ3n) is 6.37. The normalized spacial score (nSPS) is 15.5. The predicted molar refractivity (Wildman–Crippen MR) is 117 cm³/mol. The number of aliphatic carboxylic acids is 1. The lowest BCUT2D eigenvalue weighted by Gasteiger charge is -2.26. The van der Waals surface area contributed by atoms with Crippen molar-refractivity contribution in [3.8, 4) is 11.4 Å². The van der Waals surface area contributed by atoms with Gasteiger partial charge in [0.2, 0.25) is 0 Å². The van der Waals surface area contributed by atoms with Crippen LogP contribution in [-0.2, 0) is 16.0 Å². The molecule has 2 N–H and O–H groups in total. The Morgan fingerprint density at radius 3 is 2.48 bits per heavy atom. The monoisotopic (exact) mass is 425 g/mol. The molecule has 0 atom stereocenters. The first-order valence-electron chi connectivity index (χ1n) is 10.7. The second-order valence-electron chi connectivity index (χ2n) is 8.95. The zero-order chi connectivity index (χ0) is 22.2. The van der Waals surface area contributed by atoms with Crippen molar-refractivity contribution >= 4 is 16.9 Å². The fourth-order valence-electron chi connectivity index (χ4n) is 4.44. The molecule has 31 heavy (non-hydrogen) atoms. The molecule has 1 aliphatic heterocycles. The number of carbonyl (C=O) groups is 1. The molecule has 0 saturated carbocycles. The fourth-order valence-corrected chi connectivity index (χ4v) is 4.44. The third kappa shape index (κ3) is 4.17. The summed E-state index contributed by atoms with van der Waals surface area (Å²) in [5.41, 5.74) is 3.07. The first-order valence-corrected chi connectivity index (χ1v) is 10.7. The number of carboxylic acid groups (broad SMARTS) is 1. The van der Waals surface area contributed by atoms with E-state index < -0.39 is 11.4 Å². The number of ether oxygens (including phenoxy) is 1. The number of aromatic hydroxyl groups is 1. The van der Waals surface area contributed by atoms with Crippen LogP contribution in [0.2, 0.25) is 0 Å². The Morgan fingerprint density at radius 1 is 1.16 bits per heavy atom. The quantitative estimate of drug-likeness (QED) is 0.554. The molecule has 1 aromatic heterocycles. The summed E-state index contributed by atoms with van der Waals surface area (Å²) in [7, 11) is 0. The predicted octanol–water partition coefficient (Wildman–Crippen LogP) is 5.41. The van der Waals surface area contributed by atoms with E-state index in [4.69, 9.17) is 4.74 Å². The summed E-state index contributed by atoms with van der Waals surface area (Å²) in [5, 5.41) is 20.7. The van der Waals surface area contributed by atoms with Crippen LogP contribution in [0.4, 0.5) is 4.39 Å². The molecule has 1 aliphatic rings. The van der Waals surface area contributed by atoms with Crippen LogP contribution in [0.5, 0.6) is 5.75 Å². The van der Waals surface area contributed by atoms with Crippen molar-refractivity contribution in [1.29, 1.82) is 0 Å². The van der Waals surface area contributed by atoms with Gasteiger partial charge in [-0.1, -0.05) is 0 Å². The van der Waals surface area contributed by atoms with E-state index in [2.05, 4.69) is 4.57 Å². The number of aryl methyl sites for hydroxylation is 1. The van der Waals surface area contributed by atoms with E-state index in [1.807, 2.05) is 6.07 Å². The lowest BCUT2D eigenvalue weighted by molar-refractivity contribution is -0.147. The lowest BCUT2D eigenvalue weighted by atomic mass is 9.84. The average Bonchev–Trinajstić information content (AvgIpc) is 3.07. The van der Waals surface area contributed by atoms with Crippen LogP contribution in [0.3, 0.4) is 0 Å². The molecule has 4 rings (SSSR count). The molecule has 2 aromatic carbocycles. The molecular weight excluding hydrogens is 397 g/mol. The number of hydrogen-bond acceptors (Lipinski definition) is 3. The summed E-state index contributed by atoms with van der Waals surface area (Å²) >= 11 is 0. The van der Waals surface area contributed by atoms with Crippen LogP contribution in [0, 0.1) is 11.2 Å². The summed E-state index contributed by atoms with van der Waals surface area (Å²) in [6.45, 7) is 4.81. The minimum Gasteiger partial charge on any atom is -0.508 e. The zero-order valence-corrected chi connectivity index (χ0v) is 17.9. The molecule has 0 bridgehead atoms. The highest BCUT2D eigenvalue weighted by Crippen LogP contribution is 2.41. The summed E-state index contributed by atoms with van der Waals surface area (Å²) in [6, 6.07) is 11.7. The number of nitrogens with zero attached hydrogens (tertiary/aromatic N) is 1. The number of phenolic OH excluding ortho intramolecular Hbond substituents is 1. The van der Waals surface area contributed by atoms with Gasteiger partial charge in [0, 0.05) is 35.9 Å². The molecule has 1 saturated heterocycles. The van der Waals surface area contributed by atoms with Crippen LogP contribution in [-0.4, -0.2) is 34.0 Å². The number of rotatable bonds is 6. The van der Waals surface area contributed by atoms with Crippen LogP contribution >= 0.6 is 0 Å². The molecule has 2 heterocycles. The minimum atomic E-state index is -0.867. The average molecular weight is 426 g/mol. The topological polar surface area (TPSA) is 71.7 Å². The van der Waals surface area contributed by atoms with E-state index in [0.29, 0.717) is 26.1 Å². The zero-order valence-electron chi connectivity index (χ0n) is 17.9. The summed E-state index contributed by atoms with van der Waals surface area (Å²) in [5.74, 6) is -0.726. The smallest absolute Gasteiger partial charge is 0.309 e. The molecule has 0 unspecified atom stereocenters. The molecule has 1 fully saturated rings. The molecular formula is C25H28FNO4. The number of halogens is 1. The van der Waals surface area contributed by atoms with Crippen LogP contribution in [0.25, 0.3) is 16.6 Å². The Kier molecular flexibility index (Phi) is 5.75. The van der Waals surface area contributed by atoms with Gasteiger partial charge in [0.05, 0.1) is 10.9 Å². The van der Waals surface area contributed by atoms with E-state index in [-0.39, 0.29) is 17.5 Å². The molecule has 0 aliphatic carbocycles. The number of carboxylic acids is 1. The molecule has 0 amide bonds. The molecule has 0 radical (unpaired) electrons. The van der Waals surface area contributed by atoms with Gasteiger partial charge in [-0.05, 0) is 87.6 Å². The van der Waals surface area contributed by atoms with Crippen molar-refractivity contribution in [3.05, 3.63) is 59.5 Å². The van der Waals surface area contributed by atoms with Gasteiger partial charge in [-0.3, -0.25) is 4.79 Å². The Bertz CT molecular complexity index is 1090. The maximum absolute atomic E-state index is 13.6. The molecule has 164 valence electrons. The standard InChI is InChI=1S/C25H28FNO4/c1-25(2,24(29)30)12-9-20-21-15-19(28)7-8-22(21)27(18-5-3-17(26)4-6-18)23(20)16-10-13-31-14-11-16/h3-8,15-16,28H,9-14H2,1-2H3,(H,29,30). The van der Waals surface area contributed by atoms with Gasteiger partial charge < -0.3 is 19.5 Å². The number of benzene rings is 2. The highest BCUT2D eigenvalue weighted by atomic mass is 19.1. The summed E-state index contributed by atoms with van der Waals surface area (Å²) < 4.78 is 21.4. The Morgan fingerprint density at radius 2 is 1.84 bits per heavy atom. The van der Waals surface area contributed by atoms with Crippen LogP contribution in [0.1, 0.15) is 50.3 Å². The van der Waals surface area contributed by atoms with E-state index in [0.717, 1.165) is 40.7 Å². The number of aromatic nitrogens is 1. The number of hydrogen-bond donors (Lipinski definition) is 2. The fraction of sp³-hybridized carbons (Fsp3) is 0.400. The number of fused-ring (bicyclic) bond motifs is 1. The van der Waals surface area contributed by atoms with Gasteiger partial charge in [0.1, 0.15) is 11.6 Å². The largest absolute Gasteiger partial charge is 0.508 e. The Labute approximate surface area is 181 Å². The van der Waals surface area contributed by atoms with Crippen molar-refractivity contribution in [3.63, 3.8) is 0 Å². The van der Waals surface area contributed by atoms with Crippen molar-refractivity contribution in [2.24, 2.45) is 5.41 Å². The van der Waals surface area contributed by atoms with Crippen molar-refractivity contribution in [2.75, 3.05) is 13.2 Å². The molecule has 3 aromatic rings. The lowest BCUT2D eigenvalue weighted by Crippen LogP contribution is -2.24. The third-order valence-corrected chi connectivity index (χ3v) is 6.37. The minimum absolute atomic E-state index is 0.168. The first-order chi connectivity index (χ1) is 14.8. The van der Waals surface area contributed by atoms with Crippen LogP contribution < -0.4 is 0 Å². The Hall–Kier alpha value is -2.86. The van der Waals surface area contributed by atoms with Crippen molar-refractivity contribution in [2.45, 2.75) is 45.4 Å². The van der Waals surface area contributed by atoms with Crippen LogP contribution in [0.15, 0.2) is 42.5 Å². The summed E-state index contributed by atoms with van der Waals surface area (Å²) in [6.07, 6.45) is 2.76. The molecule has 0 spiro atoms. The van der Waals surface area contributed by atoms with Gasteiger partial charge in [0.15, 0.2) is 0 Å². The Balaban J connectivity index is 1.93. The van der Waals surface area contributed by atoms with E-state index >= 15 is 0 Å². The number of phenols is 1. The van der Waals surface area contributed by atoms with Crippen molar-refractivity contribution < 1.29 is 24.1 Å². The van der Waals surface area contributed by atoms with Gasteiger partial charge in [0.25, 0.3) is 0 Å². The van der Waals surface area contributed by atoms with Crippen molar-refractivity contribution in [1.82, 2.24) is 4.57 Å². The van der Waals surface area contributed by atoms with Gasteiger partial charge in [-0.2, -0.15) is 0 Å². The first kappa shape index (κ1) is 21.4. The highest BCUT2D eigenvalue weighted by Gasteiger charge is 2.31. The van der Waals surface area contributed by atoms with E-state index in [9.17, 15) is 19.4 Å². The van der Waals surface area contributed by atoms with E-state index in [1.165, 1.54) is 12.1 Å². The highest BCUT2D eigenvalue weighted by molar-refractivity contribution is 5.89. The van der Waals surface area contributed by atoms with Gasteiger partial charge in [-0.25, -0.2) is 4.39 Å². The maximum Gasteiger partial charge on any atom is 0.309 e. The second kappa shape index (κ2) is 8.35. The molecule has 5 nitrogen and oxygen atoms in total. The second-order valence-corrected chi connectivity index (χ2v) is 8.95.